The Hall–Kier alpha value is -1.17. The van der Waals surface area contributed by atoms with Crippen molar-refractivity contribution < 1.29 is 0 Å². The standard InChI is InChI=1S/C13H12ClN3S2/c1-2-12-17-10-4-3-8(5-11(10)19-12)15-6-9-7-16-13(14)18-9/h3-5,7,15H,2,6H2,1H3. The molecule has 6 heteroatoms. The number of anilines is 1. The Labute approximate surface area is 124 Å². The van der Waals surface area contributed by atoms with Crippen molar-refractivity contribution in [1.29, 1.82) is 0 Å². The van der Waals surface area contributed by atoms with E-state index in [0.29, 0.717) is 4.47 Å². The van der Waals surface area contributed by atoms with Crippen molar-refractivity contribution in [3.63, 3.8) is 0 Å². The first-order chi connectivity index (χ1) is 9.24. The average molecular weight is 310 g/mol. The van der Waals surface area contributed by atoms with Gasteiger partial charge in [0.15, 0.2) is 4.47 Å². The van der Waals surface area contributed by atoms with Crippen LogP contribution in [0.5, 0.6) is 0 Å². The Bertz CT molecular complexity index is 705. The van der Waals surface area contributed by atoms with Gasteiger partial charge in [0.1, 0.15) is 0 Å². The van der Waals surface area contributed by atoms with Gasteiger partial charge < -0.3 is 5.32 Å². The Morgan fingerprint density at radius 3 is 2.95 bits per heavy atom. The first-order valence-corrected chi connectivity index (χ1v) is 7.99. The summed E-state index contributed by atoms with van der Waals surface area (Å²) >= 11 is 9.07. The van der Waals surface area contributed by atoms with E-state index in [0.717, 1.165) is 29.0 Å². The number of nitrogens with zero attached hydrogens (tertiary/aromatic N) is 2. The van der Waals surface area contributed by atoms with Crippen molar-refractivity contribution in [3.05, 3.63) is 38.7 Å². The maximum absolute atomic E-state index is 5.81. The molecule has 0 aliphatic heterocycles. The monoisotopic (exact) mass is 309 g/mol. The molecule has 0 atom stereocenters. The average Bonchev–Trinajstić information content (AvgIpc) is 3.01. The van der Waals surface area contributed by atoms with E-state index in [1.165, 1.54) is 21.0 Å². The number of halogens is 1. The first-order valence-electron chi connectivity index (χ1n) is 5.98. The molecule has 0 radical (unpaired) electrons. The van der Waals surface area contributed by atoms with Crippen molar-refractivity contribution in [1.82, 2.24) is 9.97 Å². The van der Waals surface area contributed by atoms with Gasteiger partial charge in [0.25, 0.3) is 0 Å². The van der Waals surface area contributed by atoms with Crippen LogP contribution in [0.3, 0.4) is 0 Å². The molecule has 3 rings (SSSR count). The van der Waals surface area contributed by atoms with E-state index in [1.807, 2.05) is 0 Å². The fraction of sp³-hybridized carbons (Fsp3) is 0.231. The minimum Gasteiger partial charge on any atom is -0.380 e. The van der Waals surface area contributed by atoms with Crippen LogP contribution in [0.4, 0.5) is 5.69 Å². The number of hydrogen-bond donors (Lipinski definition) is 1. The predicted molar refractivity (Wildman–Crippen MR) is 83.4 cm³/mol. The molecule has 0 saturated carbocycles. The lowest BCUT2D eigenvalue weighted by atomic mass is 10.3. The van der Waals surface area contributed by atoms with Crippen molar-refractivity contribution in [2.75, 3.05) is 5.32 Å². The van der Waals surface area contributed by atoms with Gasteiger partial charge in [0.05, 0.1) is 21.8 Å². The molecule has 0 spiro atoms. The van der Waals surface area contributed by atoms with E-state index < -0.39 is 0 Å². The molecule has 1 N–H and O–H groups in total. The second-order valence-electron chi connectivity index (χ2n) is 4.08. The Morgan fingerprint density at radius 2 is 2.21 bits per heavy atom. The zero-order valence-electron chi connectivity index (χ0n) is 10.3. The molecule has 2 heterocycles. The van der Waals surface area contributed by atoms with Crippen LogP contribution in [-0.2, 0) is 13.0 Å². The second kappa shape index (κ2) is 5.45. The fourth-order valence-electron chi connectivity index (χ4n) is 1.79. The van der Waals surface area contributed by atoms with Gasteiger partial charge in [-0.25, -0.2) is 9.97 Å². The zero-order chi connectivity index (χ0) is 13.2. The minimum atomic E-state index is 0.585. The smallest absolute Gasteiger partial charge is 0.183 e. The molecule has 0 amide bonds. The topological polar surface area (TPSA) is 37.8 Å². The van der Waals surface area contributed by atoms with Crippen LogP contribution in [0.1, 0.15) is 16.8 Å². The van der Waals surface area contributed by atoms with Gasteiger partial charge in [-0.2, -0.15) is 0 Å². The second-order valence-corrected chi connectivity index (χ2v) is 6.89. The molecular formula is C13H12ClN3S2. The molecule has 98 valence electrons. The van der Waals surface area contributed by atoms with Crippen LogP contribution in [0.15, 0.2) is 24.4 Å². The van der Waals surface area contributed by atoms with E-state index >= 15 is 0 Å². The van der Waals surface area contributed by atoms with Gasteiger partial charge >= 0.3 is 0 Å². The highest BCUT2D eigenvalue weighted by molar-refractivity contribution is 7.18. The molecule has 0 saturated heterocycles. The number of aryl methyl sites for hydroxylation is 1. The number of rotatable bonds is 4. The third-order valence-corrected chi connectivity index (χ3v) is 5.00. The Kier molecular flexibility index (Phi) is 3.68. The molecule has 0 bridgehead atoms. The molecule has 19 heavy (non-hydrogen) atoms. The number of hydrogen-bond acceptors (Lipinski definition) is 5. The van der Waals surface area contributed by atoms with Crippen LogP contribution in [-0.4, -0.2) is 9.97 Å². The highest BCUT2D eigenvalue weighted by Gasteiger charge is 2.04. The summed E-state index contributed by atoms with van der Waals surface area (Å²) < 4.78 is 1.81. The van der Waals surface area contributed by atoms with Crippen molar-refractivity contribution in [2.45, 2.75) is 19.9 Å². The summed E-state index contributed by atoms with van der Waals surface area (Å²) in [6.07, 6.45) is 2.79. The fourth-order valence-corrected chi connectivity index (χ4v) is 3.65. The molecule has 0 unspecified atom stereocenters. The number of thiazole rings is 2. The number of fused-ring (bicyclic) bond motifs is 1. The highest BCUT2D eigenvalue weighted by atomic mass is 35.5. The maximum atomic E-state index is 5.81. The van der Waals surface area contributed by atoms with Gasteiger partial charge in [-0.1, -0.05) is 18.5 Å². The molecule has 0 aliphatic rings. The SMILES string of the molecule is CCc1nc2ccc(NCc3cnc(Cl)s3)cc2s1. The predicted octanol–water partition coefficient (Wildman–Crippen LogP) is 4.58. The largest absolute Gasteiger partial charge is 0.380 e. The van der Waals surface area contributed by atoms with E-state index in [-0.39, 0.29) is 0 Å². The molecule has 0 fully saturated rings. The molecule has 2 aromatic heterocycles. The lowest BCUT2D eigenvalue weighted by molar-refractivity contribution is 1.11. The van der Waals surface area contributed by atoms with Gasteiger partial charge in [0.2, 0.25) is 0 Å². The molecule has 3 nitrogen and oxygen atoms in total. The first kappa shape index (κ1) is 12.8. The van der Waals surface area contributed by atoms with Crippen LogP contribution in [0, 0.1) is 0 Å². The van der Waals surface area contributed by atoms with E-state index in [4.69, 9.17) is 11.6 Å². The van der Waals surface area contributed by atoms with Crippen LogP contribution in [0.2, 0.25) is 4.47 Å². The summed E-state index contributed by atoms with van der Waals surface area (Å²) in [5, 5.41) is 4.57. The third kappa shape index (κ3) is 2.88. The molecule has 0 aliphatic carbocycles. The quantitative estimate of drug-likeness (QED) is 0.766. The van der Waals surface area contributed by atoms with Gasteiger partial charge in [-0.05, 0) is 24.6 Å². The lowest BCUT2D eigenvalue weighted by Crippen LogP contribution is -1.96. The lowest BCUT2D eigenvalue weighted by Gasteiger charge is -2.03. The van der Waals surface area contributed by atoms with Gasteiger partial charge in [-0.3, -0.25) is 0 Å². The highest BCUT2D eigenvalue weighted by Crippen LogP contribution is 2.26. The minimum absolute atomic E-state index is 0.585. The number of aromatic nitrogens is 2. The third-order valence-electron chi connectivity index (χ3n) is 2.73. The van der Waals surface area contributed by atoms with Crippen molar-refractivity contribution in [3.8, 4) is 0 Å². The Morgan fingerprint density at radius 1 is 1.32 bits per heavy atom. The number of benzene rings is 1. The summed E-state index contributed by atoms with van der Waals surface area (Å²) in [5.74, 6) is 0. The van der Waals surface area contributed by atoms with Gasteiger partial charge in [0, 0.05) is 16.8 Å². The maximum Gasteiger partial charge on any atom is 0.183 e. The van der Waals surface area contributed by atoms with Crippen LogP contribution >= 0.6 is 34.3 Å². The van der Waals surface area contributed by atoms with Crippen molar-refractivity contribution >= 4 is 50.2 Å². The van der Waals surface area contributed by atoms with E-state index in [2.05, 4.69) is 40.4 Å². The summed E-state index contributed by atoms with van der Waals surface area (Å²) in [6.45, 7) is 2.87. The summed E-state index contributed by atoms with van der Waals surface area (Å²) in [4.78, 5) is 9.72. The zero-order valence-corrected chi connectivity index (χ0v) is 12.7. The van der Waals surface area contributed by atoms with E-state index in [1.54, 1.807) is 17.5 Å². The molecule has 3 aromatic rings. The van der Waals surface area contributed by atoms with Gasteiger partial charge in [-0.15, -0.1) is 22.7 Å². The van der Waals surface area contributed by atoms with E-state index in [9.17, 15) is 0 Å². The summed E-state index contributed by atoms with van der Waals surface area (Å²) in [5.41, 5.74) is 2.18. The number of nitrogens with one attached hydrogen (secondary N) is 1. The Balaban J connectivity index is 1.77. The van der Waals surface area contributed by atoms with Crippen molar-refractivity contribution in [2.24, 2.45) is 0 Å². The van der Waals surface area contributed by atoms with Crippen LogP contribution < -0.4 is 5.32 Å². The summed E-state index contributed by atoms with van der Waals surface area (Å²) in [6, 6.07) is 6.27. The summed E-state index contributed by atoms with van der Waals surface area (Å²) in [7, 11) is 0. The van der Waals surface area contributed by atoms with Crippen LogP contribution in [0.25, 0.3) is 10.2 Å². The normalized spacial score (nSPS) is 11.1. The molecule has 1 aromatic carbocycles. The molecular weight excluding hydrogens is 298 g/mol.